The van der Waals surface area contributed by atoms with E-state index in [0.717, 1.165) is 11.3 Å². The average molecular weight is 283 g/mol. The van der Waals surface area contributed by atoms with Crippen molar-refractivity contribution >= 4 is 23.8 Å². The summed E-state index contributed by atoms with van der Waals surface area (Å²) in [7, 11) is 0. The van der Waals surface area contributed by atoms with Crippen molar-refractivity contribution in [1.29, 1.82) is 0 Å². The van der Waals surface area contributed by atoms with Gasteiger partial charge in [0.25, 0.3) is 0 Å². The van der Waals surface area contributed by atoms with Crippen LogP contribution in [0.25, 0.3) is 0 Å². The van der Waals surface area contributed by atoms with Crippen LogP contribution in [0.3, 0.4) is 0 Å². The number of carbonyl (C=O) groups is 4. The number of rotatable bonds is 1. The van der Waals surface area contributed by atoms with E-state index in [1.54, 1.807) is 0 Å². The van der Waals surface area contributed by atoms with Crippen LogP contribution in [-0.4, -0.2) is 63.9 Å². The third-order valence-corrected chi connectivity index (χ3v) is 3.80. The fraction of sp³-hybridized carbons (Fsp3) is 0.667. The van der Waals surface area contributed by atoms with Crippen LogP contribution in [0.15, 0.2) is 0 Å². The molecule has 0 saturated carbocycles. The molecule has 2 N–H and O–H groups in total. The lowest BCUT2D eigenvalue weighted by Gasteiger charge is -2.44. The number of hydrogen-bond acceptors (Lipinski definition) is 4. The van der Waals surface area contributed by atoms with Crippen LogP contribution in [0.2, 0.25) is 0 Å². The number of piperazine rings is 1. The van der Waals surface area contributed by atoms with Gasteiger partial charge in [-0.1, -0.05) is 0 Å². The maximum atomic E-state index is 12.4. The Hall–Kier alpha value is -2.12. The highest BCUT2D eigenvalue weighted by Crippen LogP contribution is 2.29. The molecule has 0 aliphatic carbocycles. The highest BCUT2D eigenvalue weighted by atomic mass is 16.4. The van der Waals surface area contributed by atoms with Crippen LogP contribution in [0, 0.1) is 0 Å². The molecular formula is C12H17N3O5. The molecule has 1 atom stereocenters. The summed E-state index contributed by atoms with van der Waals surface area (Å²) in [5.41, 5.74) is -1.29. The van der Waals surface area contributed by atoms with E-state index in [1.165, 1.54) is 11.8 Å². The number of hydrogen-bond donors (Lipinski definition) is 2. The zero-order chi connectivity index (χ0) is 14.9. The molecule has 20 heavy (non-hydrogen) atoms. The predicted molar refractivity (Wildman–Crippen MR) is 66.7 cm³/mol. The smallest absolute Gasteiger partial charge is 0.329 e. The van der Waals surface area contributed by atoms with Crippen molar-refractivity contribution in [3.8, 4) is 0 Å². The molecule has 2 saturated heterocycles. The van der Waals surface area contributed by atoms with E-state index >= 15 is 0 Å². The zero-order valence-corrected chi connectivity index (χ0v) is 11.2. The fourth-order valence-corrected chi connectivity index (χ4v) is 2.59. The lowest BCUT2D eigenvalue weighted by atomic mass is 9.89. The molecule has 2 fully saturated rings. The molecule has 1 unspecified atom stereocenters. The minimum Gasteiger partial charge on any atom is -0.480 e. The van der Waals surface area contributed by atoms with E-state index in [-0.39, 0.29) is 13.1 Å². The first-order valence-corrected chi connectivity index (χ1v) is 6.47. The minimum atomic E-state index is -1.29. The number of urea groups is 1. The molecule has 2 rings (SSSR count). The second-order valence-corrected chi connectivity index (χ2v) is 5.30. The first-order valence-electron chi connectivity index (χ1n) is 6.47. The number of carboxylic acid groups (broad SMARTS) is 1. The van der Waals surface area contributed by atoms with Crippen molar-refractivity contribution in [2.75, 3.05) is 19.6 Å². The highest BCUT2D eigenvalue weighted by molar-refractivity contribution is 6.02. The number of imide groups is 1. The van der Waals surface area contributed by atoms with Crippen molar-refractivity contribution < 1.29 is 24.3 Å². The lowest BCUT2D eigenvalue weighted by Crippen LogP contribution is -2.63. The van der Waals surface area contributed by atoms with Gasteiger partial charge in [-0.3, -0.25) is 14.9 Å². The van der Waals surface area contributed by atoms with Gasteiger partial charge in [-0.15, -0.1) is 0 Å². The molecule has 0 bridgehead atoms. The van der Waals surface area contributed by atoms with E-state index in [9.17, 15) is 24.3 Å². The number of aliphatic carboxylic acids is 1. The number of piperidine rings is 1. The van der Waals surface area contributed by atoms with Crippen molar-refractivity contribution in [3.05, 3.63) is 0 Å². The standard InChI is InChI=1S/C12H17N3O5/c1-12(10(18)19)4-2-3-5-15(12)11(20)14-6-8(16)13-9(17)7-14/h2-7H2,1H3,(H,18,19)(H,13,16,17). The van der Waals surface area contributed by atoms with Gasteiger partial charge in [0.2, 0.25) is 11.8 Å². The topological polar surface area (TPSA) is 107 Å². The number of likely N-dealkylation sites (tertiary alicyclic amines) is 1. The number of nitrogens with one attached hydrogen (secondary N) is 1. The molecule has 0 radical (unpaired) electrons. The predicted octanol–water partition coefficient (Wildman–Crippen LogP) is -0.606. The van der Waals surface area contributed by atoms with E-state index in [4.69, 9.17) is 0 Å². The monoisotopic (exact) mass is 283 g/mol. The molecule has 8 nitrogen and oxygen atoms in total. The van der Waals surface area contributed by atoms with E-state index < -0.39 is 29.4 Å². The molecule has 0 aromatic rings. The SMILES string of the molecule is CC1(C(=O)O)CCCCN1C(=O)N1CC(=O)NC(=O)C1. The summed E-state index contributed by atoms with van der Waals surface area (Å²) < 4.78 is 0. The Labute approximate surface area is 115 Å². The third-order valence-electron chi connectivity index (χ3n) is 3.80. The van der Waals surface area contributed by atoms with Crippen LogP contribution >= 0.6 is 0 Å². The number of carbonyl (C=O) groups excluding carboxylic acids is 3. The van der Waals surface area contributed by atoms with Crippen LogP contribution in [-0.2, 0) is 14.4 Å². The maximum absolute atomic E-state index is 12.4. The van der Waals surface area contributed by atoms with Crippen molar-refractivity contribution in [1.82, 2.24) is 15.1 Å². The summed E-state index contributed by atoms with van der Waals surface area (Å²) in [6, 6.07) is -0.571. The van der Waals surface area contributed by atoms with E-state index in [1.807, 2.05) is 0 Å². The Morgan fingerprint density at radius 2 is 1.80 bits per heavy atom. The number of nitrogens with zero attached hydrogens (tertiary/aromatic N) is 2. The second kappa shape index (κ2) is 5.10. The fourth-order valence-electron chi connectivity index (χ4n) is 2.59. The summed E-state index contributed by atoms with van der Waals surface area (Å²) in [6.07, 6.45) is 1.80. The van der Waals surface area contributed by atoms with Gasteiger partial charge >= 0.3 is 12.0 Å². The van der Waals surface area contributed by atoms with Gasteiger partial charge in [0.05, 0.1) is 0 Å². The molecule has 8 heteroatoms. The summed E-state index contributed by atoms with van der Waals surface area (Å²) >= 11 is 0. The van der Waals surface area contributed by atoms with E-state index in [0.29, 0.717) is 19.4 Å². The minimum absolute atomic E-state index is 0.225. The first-order chi connectivity index (χ1) is 9.34. The van der Waals surface area contributed by atoms with Crippen molar-refractivity contribution in [3.63, 3.8) is 0 Å². The quantitative estimate of drug-likeness (QED) is 0.624. The van der Waals surface area contributed by atoms with Crippen molar-refractivity contribution in [2.45, 2.75) is 31.7 Å². The molecule has 0 aromatic carbocycles. The first kappa shape index (κ1) is 14.3. The van der Waals surface area contributed by atoms with Crippen LogP contribution in [0.1, 0.15) is 26.2 Å². The molecular weight excluding hydrogens is 266 g/mol. The molecule has 0 aromatic heterocycles. The number of carboxylic acids is 1. The highest BCUT2D eigenvalue weighted by Gasteiger charge is 2.46. The third kappa shape index (κ3) is 2.45. The average Bonchev–Trinajstić information content (AvgIpc) is 2.37. The Bertz CT molecular complexity index is 462. The summed E-state index contributed by atoms with van der Waals surface area (Å²) in [5, 5.41) is 11.5. The Kier molecular flexibility index (Phi) is 3.65. The molecule has 110 valence electrons. The molecule has 4 amide bonds. The van der Waals surface area contributed by atoms with Crippen LogP contribution in [0.5, 0.6) is 0 Å². The molecule has 2 aliphatic rings. The van der Waals surface area contributed by atoms with Crippen LogP contribution in [0.4, 0.5) is 4.79 Å². The molecule has 0 spiro atoms. The largest absolute Gasteiger partial charge is 0.480 e. The van der Waals surface area contributed by atoms with Gasteiger partial charge < -0.3 is 14.9 Å². The second-order valence-electron chi connectivity index (χ2n) is 5.30. The lowest BCUT2D eigenvalue weighted by molar-refractivity contribution is -0.150. The van der Waals surface area contributed by atoms with Crippen molar-refractivity contribution in [2.24, 2.45) is 0 Å². The summed E-state index contributed by atoms with van der Waals surface area (Å²) in [5.74, 6) is -2.18. The Morgan fingerprint density at radius 3 is 2.35 bits per heavy atom. The van der Waals surface area contributed by atoms with Crippen LogP contribution < -0.4 is 5.32 Å². The normalized spacial score (nSPS) is 27.2. The maximum Gasteiger partial charge on any atom is 0.329 e. The summed E-state index contributed by atoms with van der Waals surface area (Å²) in [4.78, 5) is 48.8. The van der Waals surface area contributed by atoms with Gasteiger partial charge in [-0.25, -0.2) is 9.59 Å². The molecule has 2 aliphatic heterocycles. The van der Waals surface area contributed by atoms with E-state index in [2.05, 4.69) is 5.32 Å². The van der Waals surface area contributed by atoms with Gasteiger partial charge in [0, 0.05) is 6.54 Å². The number of amides is 4. The Balaban J connectivity index is 2.20. The molecule has 2 heterocycles. The van der Waals surface area contributed by atoms with Gasteiger partial charge in [-0.05, 0) is 26.2 Å². The Morgan fingerprint density at radius 1 is 1.20 bits per heavy atom. The summed E-state index contributed by atoms with van der Waals surface area (Å²) in [6.45, 7) is 1.36. The van der Waals surface area contributed by atoms with Gasteiger partial charge in [0.1, 0.15) is 18.6 Å². The zero-order valence-electron chi connectivity index (χ0n) is 11.2. The van der Waals surface area contributed by atoms with Gasteiger partial charge in [-0.2, -0.15) is 0 Å². The van der Waals surface area contributed by atoms with Gasteiger partial charge in [0.15, 0.2) is 0 Å².